The molecule has 3 rings (SSSR count). The van der Waals surface area contributed by atoms with E-state index in [0.717, 1.165) is 11.3 Å². The van der Waals surface area contributed by atoms with Crippen molar-refractivity contribution in [2.75, 3.05) is 37.9 Å². The largest absolute Gasteiger partial charge is 0.490 e. The summed E-state index contributed by atoms with van der Waals surface area (Å²) in [7, 11) is 0. The Balaban J connectivity index is 1.76. The summed E-state index contributed by atoms with van der Waals surface area (Å²) in [5.41, 5.74) is 2.02. The first-order chi connectivity index (χ1) is 15.1. The van der Waals surface area contributed by atoms with Gasteiger partial charge in [0.15, 0.2) is 11.5 Å². The van der Waals surface area contributed by atoms with Crippen molar-refractivity contribution in [3.63, 3.8) is 0 Å². The van der Waals surface area contributed by atoms with Crippen molar-refractivity contribution >= 4 is 17.7 Å². The Morgan fingerprint density at radius 2 is 1.71 bits per heavy atom. The molecular formula is C23H28N2O6. The number of carbonyl (C=O) groups is 2. The van der Waals surface area contributed by atoms with Crippen LogP contribution in [0.15, 0.2) is 36.4 Å². The molecule has 1 aliphatic heterocycles. The molecule has 0 aromatic heterocycles. The number of nitrogens with zero attached hydrogens (tertiary/aromatic N) is 1. The maximum atomic E-state index is 12.8. The third kappa shape index (κ3) is 5.39. The van der Waals surface area contributed by atoms with Crippen LogP contribution in [0.25, 0.3) is 0 Å². The second-order valence-corrected chi connectivity index (χ2v) is 6.72. The van der Waals surface area contributed by atoms with Crippen LogP contribution in [0.3, 0.4) is 0 Å². The number of carbonyl (C=O) groups excluding carboxylic acids is 2. The van der Waals surface area contributed by atoms with E-state index in [4.69, 9.17) is 18.9 Å². The fourth-order valence-electron chi connectivity index (χ4n) is 3.27. The van der Waals surface area contributed by atoms with Crippen LogP contribution in [0.1, 0.15) is 36.7 Å². The number of benzene rings is 2. The minimum atomic E-state index is -0.359. The van der Waals surface area contributed by atoms with E-state index in [1.165, 1.54) is 0 Å². The van der Waals surface area contributed by atoms with Gasteiger partial charge in [-0.25, -0.2) is 4.79 Å². The molecule has 0 spiro atoms. The summed E-state index contributed by atoms with van der Waals surface area (Å²) in [4.78, 5) is 26.2. The molecule has 0 bridgehead atoms. The Bertz CT molecular complexity index is 903. The Morgan fingerprint density at radius 1 is 1.03 bits per heavy atom. The zero-order valence-corrected chi connectivity index (χ0v) is 18.1. The van der Waals surface area contributed by atoms with Gasteiger partial charge in [-0.05, 0) is 50.6 Å². The first-order valence-corrected chi connectivity index (χ1v) is 10.4. The summed E-state index contributed by atoms with van der Waals surface area (Å²) in [6.45, 7) is 8.12. The second kappa shape index (κ2) is 10.6. The van der Waals surface area contributed by atoms with Gasteiger partial charge in [0.25, 0.3) is 5.91 Å². The summed E-state index contributed by atoms with van der Waals surface area (Å²) in [6, 6.07) is 10.8. The van der Waals surface area contributed by atoms with Gasteiger partial charge < -0.3 is 24.3 Å². The maximum Gasteiger partial charge on any atom is 0.414 e. The Labute approximate surface area is 182 Å². The van der Waals surface area contributed by atoms with E-state index in [2.05, 4.69) is 5.32 Å². The summed E-state index contributed by atoms with van der Waals surface area (Å²) in [5.74, 6) is 1.16. The summed E-state index contributed by atoms with van der Waals surface area (Å²) >= 11 is 0. The monoisotopic (exact) mass is 428 g/mol. The number of cyclic esters (lactones) is 1. The molecule has 0 radical (unpaired) electrons. The molecule has 31 heavy (non-hydrogen) atoms. The molecule has 1 fully saturated rings. The van der Waals surface area contributed by atoms with Crippen LogP contribution in [0, 0.1) is 0 Å². The lowest BCUT2D eigenvalue weighted by atomic mass is 10.1. The first-order valence-electron chi connectivity index (χ1n) is 10.4. The van der Waals surface area contributed by atoms with Gasteiger partial charge >= 0.3 is 6.09 Å². The molecule has 0 aliphatic carbocycles. The second-order valence-electron chi connectivity index (χ2n) is 6.72. The number of anilines is 1. The zero-order chi connectivity index (χ0) is 22.2. The molecule has 2 aromatic rings. The third-order valence-corrected chi connectivity index (χ3v) is 4.61. The van der Waals surface area contributed by atoms with E-state index in [0.29, 0.717) is 62.3 Å². The third-order valence-electron chi connectivity index (χ3n) is 4.61. The van der Waals surface area contributed by atoms with Gasteiger partial charge in [0, 0.05) is 17.8 Å². The maximum absolute atomic E-state index is 12.8. The highest BCUT2D eigenvalue weighted by Crippen LogP contribution is 2.39. The van der Waals surface area contributed by atoms with E-state index >= 15 is 0 Å². The molecule has 1 saturated heterocycles. The molecule has 166 valence electrons. The number of rotatable bonds is 10. The highest BCUT2D eigenvalue weighted by molar-refractivity contribution is 5.95. The van der Waals surface area contributed by atoms with Crippen LogP contribution in [0.2, 0.25) is 0 Å². The van der Waals surface area contributed by atoms with E-state index in [9.17, 15) is 9.59 Å². The minimum Gasteiger partial charge on any atom is -0.490 e. The van der Waals surface area contributed by atoms with Gasteiger partial charge in [0.05, 0.1) is 26.4 Å². The quantitative estimate of drug-likeness (QED) is 0.620. The molecular weight excluding hydrogens is 400 g/mol. The predicted molar refractivity (Wildman–Crippen MR) is 116 cm³/mol. The summed E-state index contributed by atoms with van der Waals surface area (Å²) in [6.07, 6.45) is -0.359. The first kappa shape index (κ1) is 22.3. The van der Waals surface area contributed by atoms with Crippen LogP contribution in [-0.2, 0) is 11.3 Å². The molecule has 0 atom stereocenters. The highest BCUT2D eigenvalue weighted by atomic mass is 16.6. The van der Waals surface area contributed by atoms with Gasteiger partial charge in [-0.1, -0.05) is 12.1 Å². The van der Waals surface area contributed by atoms with E-state index in [1.54, 1.807) is 17.0 Å². The van der Waals surface area contributed by atoms with Crippen molar-refractivity contribution in [3.8, 4) is 17.2 Å². The average Bonchev–Trinajstić information content (AvgIpc) is 3.20. The van der Waals surface area contributed by atoms with Crippen LogP contribution in [0.4, 0.5) is 10.5 Å². The average molecular weight is 428 g/mol. The topological polar surface area (TPSA) is 86.3 Å². The fourth-order valence-corrected chi connectivity index (χ4v) is 3.27. The molecule has 1 heterocycles. The molecule has 0 unspecified atom stereocenters. The number of ether oxygens (including phenoxy) is 4. The Morgan fingerprint density at radius 3 is 2.29 bits per heavy atom. The zero-order valence-electron chi connectivity index (χ0n) is 18.1. The van der Waals surface area contributed by atoms with E-state index in [1.807, 2.05) is 45.0 Å². The van der Waals surface area contributed by atoms with Crippen LogP contribution in [-0.4, -0.2) is 45.0 Å². The van der Waals surface area contributed by atoms with Crippen molar-refractivity contribution < 1.29 is 28.5 Å². The standard InChI is InChI=1S/C23H28N2O6/c1-4-28-19-13-17(14-20(29-5-2)21(19)30-6-3)22(26)24-15-16-8-7-9-18(12-16)25-10-11-31-23(25)27/h7-9,12-14H,4-6,10-11,15H2,1-3H3,(H,24,26). The van der Waals surface area contributed by atoms with E-state index in [-0.39, 0.29) is 12.0 Å². The number of hydrogen-bond donors (Lipinski definition) is 1. The van der Waals surface area contributed by atoms with E-state index < -0.39 is 0 Å². The molecule has 1 N–H and O–H groups in total. The van der Waals surface area contributed by atoms with Crippen molar-refractivity contribution in [2.45, 2.75) is 27.3 Å². The fraction of sp³-hybridized carbons (Fsp3) is 0.391. The SMILES string of the molecule is CCOc1cc(C(=O)NCc2cccc(N3CCOC3=O)c2)cc(OCC)c1OCC. The molecule has 2 amide bonds. The minimum absolute atomic E-state index is 0.268. The van der Waals surface area contributed by atoms with Crippen LogP contribution < -0.4 is 24.4 Å². The van der Waals surface area contributed by atoms with Crippen LogP contribution >= 0.6 is 0 Å². The van der Waals surface area contributed by atoms with Crippen molar-refractivity contribution in [1.29, 1.82) is 0 Å². The van der Waals surface area contributed by atoms with Crippen molar-refractivity contribution in [3.05, 3.63) is 47.5 Å². The lowest BCUT2D eigenvalue weighted by Crippen LogP contribution is -2.25. The lowest BCUT2D eigenvalue weighted by Gasteiger charge is -2.17. The van der Waals surface area contributed by atoms with Crippen molar-refractivity contribution in [2.24, 2.45) is 0 Å². The molecule has 8 nitrogen and oxygen atoms in total. The number of hydrogen-bond acceptors (Lipinski definition) is 6. The lowest BCUT2D eigenvalue weighted by molar-refractivity contribution is 0.0949. The van der Waals surface area contributed by atoms with Gasteiger partial charge in [-0.2, -0.15) is 0 Å². The highest BCUT2D eigenvalue weighted by Gasteiger charge is 2.23. The molecule has 8 heteroatoms. The number of nitrogens with one attached hydrogen (secondary N) is 1. The number of amides is 2. The molecule has 1 aliphatic rings. The Hall–Kier alpha value is -3.42. The Kier molecular flexibility index (Phi) is 7.59. The van der Waals surface area contributed by atoms with Gasteiger partial charge in [0.2, 0.25) is 5.75 Å². The summed E-state index contributed by atoms with van der Waals surface area (Å²) in [5, 5.41) is 2.91. The van der Waals surface area contributed by atoms with Gasteiger partial charge in [-0.3, -0.25) is 9.69 Å². The molecule has 2 aromatic carbocycles. The smallest absolute Gasteiger partial charge is 0.414 e. The van der Waals surface area contributed by atoms with Crippen LogP contribution in [0.5, 0.6) is 17.2 Å². The van der Waals surface area contributed by atoms with Gasteiger partial charge in [-0.15, -0.1) is 0 Å². The predicted octanol–water partition coefficient (Wildman–Crippen LogP) is 3.77. The molecule has 0 saturated carbocycles. The normalized spacial score (nSPS) is 13.0. The van der Waals surface area contributed by atoms with Gasteiger partial charge in [0.1, 0.15) is 6.61 Å². The summed E-state index contributed by atoms with van der Waals surface area (Å²) < 4.78 is 22.0. The van der Waals surface area contributed by atoms with Crippen molar-refractivity contribution in [1.82, 2.24) is 5.32 Å².